The van der Waals surface area contributed by atoms with Gasteiger partial charge in [-0.25, -0.2) is 8.78 Å². The predicted molar refractivity (Wildman–Crippen MR) is 64.0 cm³/mol. The van der Waals surface area contributed by atoms with Crippen molar-refractivity contribution in [2.75, 3.05) is 13.2 Å². The van der Waals surface area contributed by atoms with E-state index in [0.717, 1.165) is 37.7 Å². The maximum Gasteiger partial charge on any atom is 0.330 e. The van der Waals surface area contributed by atoms with Gasteiger partial charge < -0.3 is 4.74 Å². The third-order valence-electron chi connectivity index (χ3n) is 3.12. The molecule has 1 unspecified atom stereocenters. The van der Waals surface area contributed by atoms with Crippen molar-refractivity contribution in [2.24, 2.45) is 5.84 Å². The highest BCUT2D eigenvalue weighted by Gasteiger charge is 2.41. The van der Waals surface area contributed by atoms with Gasteiger partial charge in [-0.1, -0.05) is 18.1 Å². The molecule has 0 bridgehead atoms. The molecule has 0 aromatic heterocycles. The number of allylic oxidation sites excluding steroid dienone is 1. The maximum absolute atomic E-state index is 12.7. The van der Waals surface area contributed by atoms with E-state index in [2.05, 4.69) is 5.43 Å². The number of alkyl halides is 4. The molecule has 0 fully saturated rings. The lowest BCUT2D eigenvalue weighted by Crippen LogP contribution is -2.42. The summed E-state index contributed by atoms with van der Waals surface area (Å²) < 4.78 is 53.9. The van der Waals surface area contributed by atoms with Gasteiger partial charge in [0.2, 0.25) is 0 Å². The highest BCUT2D eigenvalue weighted by molar-refractivity contribution is 5.11. The SMILES string of the molecule is NNC(COCC(F)(F)C(F)F)C1=CCCCCC1. The second-order valence-electron chi connectivity index (χ2n) is 4.67. The van der Waals surface area contributed by atoms with E-state index in [9.17, 15) is 17.6 Å². The van der Waals surface area contributed by atoms with Crippen molar-refractivity contribution in [1.82, 2.24) is 5.43 Å². The van der Waals surface area contributed by atoms with E-state index < -0.39 is 25.0 Å². The van der Waals surface area contributed by atoms with Crippen LogP contribution < -0.4 is 11.3 Å². The lowest BCUT2D eigenvalue weighted by Gasteiger charge is -2.21. The zero-order valence-electron chi connectivity index (χ0n) is 10.7. The van der Waals surface area contributed by atoms with Crippen LogP contribution in [0.2, 0.25) is 0 Å². The standard InChI is InChI=1S/C12H20F4N2O/c13-11(14)12(15,16)8-19-7-10(18-17)9-5-3-1-2-4-6-9/h5,10-11,18H,1-4,6-8,17H2. The zero-order valence-corrected chi connectivity index (χ0v) is 10.7. The van der Waals surface area contributed by atoms with Crippen molar-refractivity contribution in [2.45, 2.75) is 50.5 Å². The van der Waals surface area contributed by atoms with Gasteiger partial charge in [0.15, 0.2) is 0 Å². The average Bonchev–Trinajstić information content (AvgIpc) is 2.63. The van der Waals surface area contributed by atoms with Crippen LogP contribution in [0.5, 0.6) is 0 Å². The Morgan fingerprint density at radius 1 is 1.32 bits per heavy atom. The molecule has 0 aliphatic heterocycles. The Bertz CT molecular complexity index is 297. The van der Waals surface area contributed by atoms with Crippen LogP contribution in [-0.4, -0.2) is 31.6 Å². The molecule has 19 heavy (non-hydrogen) atoms. The monoisotopic (exact) mass is 284 g/mol. The largest absolute Gasteiger partial charge is 0.373 e. The first kappa shape index (κ1) is 16.4. The minimum absolute atomic E-state index is 0.134. The number of halogens is 4. The van der Waals surface area contributed by atoms with Gasteiger partial charge in [-0.3, -0.25) is 11.3 Å². The normalized spacial score (nSPS) is 19.2. The fourth-order valence-electron chi connectivity index (χ4n) is 1.99. The molecule has 3 nitrogen and oxygen atoms in total. The van der Waals surface area contributed by atoms with E-state index in [1.54, 1.807) is 0 Å². The molecular weight excluding hydrogens is 264 g/mol. The molecule has 1 atom stereocenters. The second kappa shape index (κ2) is 7.81. The lowest BCUT2D eigenvalue weighted by atomic mass is 10.0. The summed E-state index contributed by atoms with van der Waals surface area (Å²) >= 11 is 0. The smallest absolute Gasteiger partial charge is 0.330 e. The second-order valence-corrected chi connectivity index (χ2v) is 4.67. The number of nitrogens with two attached hydrogens (primary N) is 1. The summed E-state index contributed by atoms with van der Waals surface area (Å²) in [6.07, 6.45) is 3.26. The summed E-state index contributed by atoms with van der Waals surface area (Å²) in [5, 5.41) is 0. The number of hydrazine groups is 1. The van der Waals surface area contributed by atoms with Gasteiger partial charge in [0.05, 0.1) is 12.6 Å². The zero-order chi connectivity index (χ0) is 14.3. The summed E-state index contributed by atoms with van der Waals surface area (Å²) in [5.74, 6) is 1.24. The number of rotatable bonds is 7. The molecule has 0 amide bonds. The first-order valence-corrected chi connectivity index (χ1v) is 6.36. The molecule has 0 radical (unpaired) electrons. The Morgan fingerprint density at radius 2 is 2.05 bits per heavy atom. The van der Waals surface area contributed by atoms with E-state index in [-0.39, 0.29) is 6.61 Å². The van der Waals surface area contributed by atoms with Crippen molar-refractivity contribution in [3.63, 3.8) is 0 Å². The fraction of sp³-hybridized carbons (Fsp3) is 0.833. The van der Waals surface area contributed by atoms with Gasteiger partial charge in [-0.15, -0.1) is 0 Å². The summed E-state index contributed by atoms with van der Waals surface area (Å²) in [7, 11) is 0. The van der Waals surface area contributed by atoms with E-state index >= 15 is 0 Å². The van der Waals surface area contributed by atoms with Gasteiger partial charge in [0, 0.05) is 0 Å². The van der Waals surface area contributed by atoms with Crippen molar-refractivity contribution in [3.05, 3.63) is 11.6 Å². The molecule has 0 saturated carbocycles. The Morgan fingerprint density at radius 3 is 2.68 bits per heavy atom. The number of ether oxygens (including phenoxy) is 1. The summed E-state index contributed by atoms with van der Waals surface area (Å²) in [5.41, 5.74) is 3.49. The van der Waals surface area contributed by atoms with Crippen molar-refractivity contribution in [3.8, 4) is 0 Å². The molecule has 0 aromatic carbocycles. The van der Waals surface area contributed by atoms with E-state index in [0.29, 0.717) is 0 Å². The van der Waals surface area contributed by atoms with Gasteiger partial charge in [-0.05, 0) is 25.7 Å². The molecule has 1 aliphatic rings. The van der Waals surface area contributed by atoms with Crippen LogP contribution in [0.3, 0.4) is 0 Å². The van der Waals surface area contributed by atoms with E-state index in [1.807, 2.05) is 6.08 Å². The summed E-state index contributed by atoms with van der Waals surface area (Å²) in [6.45, 7) is -1.43. The minimum Gasteiger partial charge on any atom is -0.373 e. The first-order chi connectivity index (χ1) is 8.97. The minimum atomic E-state index is -4.11. The molecule has 1 aliphatic carbocycles. The predicted octanol–water partition coefficient (Wildman–Crippen LogP) is 2.63. The molecule has 0 spiro atoms. The first-order valence-electron chi connectivity index (χ1n) is 6.36. The van der Waals surface area contributed by atoms with Gasteiger partial charge in [0.25, 0.3) is 0 Å². The quantitative estimate of drug-likeness (QED) is 0.327. The highest BCUT2D eigenvalue weighted by atomic mass is 19.3. The third kappa shape index (κ3) is 5.46. The Labute approximate surface area is 110 Å². The van der Waals surface area contributed by atoms with E-state index in [1.165, 1.54) is 0 Å². The van der Waals surface area contributed by atoms with Crippen molar-refractivity contribution in [1.29, 1.82) is 0 Å². The molecule has 1 rings (SSSR count). The Balaban J connectivity index is 2.42. The Kier molecular flexibility index (Phi) is 6.74. The van der Waals surface area contributed by atoms with Gasteiger partial charge in [0.1, 0.15) is 6.61 Å². The van der Waals surface area contributed by atoms with Crippen LogP contribution in [0.4, 0.5) is 17.6 Å². The topological polar surface area (TPSA) is 47.3 Å². The number of nitrogens with one attached hydrogen (secondary N) is 1. The molecule has 3 N–H and O–H groups in total. The van der Waals surface area contributed by atoms with E-state index in [4.69, 9.17) is 10.6 Å². The molecule has 0 heterocycles. The van der Waals surface area contributed by atoms with Crippen LogP contribution >= 0.6 is 0 Å². The number of hydrogen-bond donors (Lipinski definition) is 2. The molecule has 0 aromatic rings. The molecular formula is C12H20F4N2O. The van der Waals surface area contributed by atoms with Crippen LogP contribution in [0, 0.1) is 0 Å². The fourth-order valence-corrected chi connectivity index (χ4v) is 1.99. The highest BCUT2D eigenvalue weighted by Crippen LogP contribution is 2.24. The average molecular weight is 284 g/mol. The summed E-state index contributed by atoms with van der Waals surface area (Å²) in [4.78, 5) is 0. The lowest BCUT2D eigenvalue weighted by molar-refractivity contribution is -0.166. The van der Waals surface area contributed by atoms with Gasteiger partial charge in [-0.2, -0.15) is 8.78 Å². The third-order valence-corrected chi connectivity index (χ3v) is 3.12. The van der Waals surface area contributed by atoms with Crippen LogP contribution in [0.25, 0.3) is 0 Å². The van der Waals surface area contributed by atoms with Gasteiger partial charge >= 0.3 is 12.3 Å². The van der Waals surface area contributed by atoms with Crippen LogP contribution in [0.15, 0.2) is 11.6 Å². The van der Waals surface area contributed by atoms with Crippen molar-refractivity contribution >= 4 is 0 Å². The summed E-state index contributed by atoms with van der Waals surface area (Å²) in [6, 6.07) is -0.397. The molecule has 112 valence electrons. The Hall–Kier alpha value is -0.660. The number of hydrogen-bond acceptors (Lipinski definition) is 3. The molecule has 7 heteroatoms. The van der Waals surface area contributed by atoms with Crippen LogP contribution in [-0.2, 0) is 4.74 Å². The molecule has 0 saturated heterocycles. The maximum atomic E-state index is 12.7. The van der Waals surface area contributed by atoms with Crippen LogP contribution in [0.1, 0.15) is 32.1 Å². The van der Waals surface area contributed by atoms with Crippen molar-refractivity contribution < 1.29 is 22.3 Å².